The number of nitrogens with zero attached hydrogens (tertiary/aromatic N) is 1. The summed E-state index contributed by atoms with van der Waals surface area (Å²) in [5.41, 5.74) is -0.484. The van der Waals surface area contributed by atoms with Gasteiger partial charge in [-0.3, -0.25) is 0 Å². The number of hydrogen-bond donors (Lipinski definition) is 1. The quantitative estimate of drug-likeness (QED) is 0.825. The average molecular weight is 243 g/mol. The van der Waals surface area contributed by atoms with Crippen molar-refractivity contribution in [3.8, 4) is 0 Å². The van der Waals surface area contributed by atoms with Crippen molar-refractivity contribution in [2.24, 2.45) is 5.92 Å². The second kappa shape index (κ2) is 5.71. The van der Waals surface area contributed by atoms with Gasteiger partial charge in [0.15, 0.2) is 0 Å². The van der Waals surface area contributed by atoms with Crippen LogP contribution in [0.1, 0.15) is 46.5 Å². The SMILES string of the molecule is CN(C(=O)OC(C)(C)C)C(CO)CC1CCC1. The number of aliphatic hydroxyl groups is 1. The number of amides is 1. The number of carbonyl (C=O) groups is 1. The van der Waals surface area contributed by atoms with Crippen molar-refractivity contribution in [2.45, 2.75) is 58.1 Å². The first-order chi connectivity index (χ1) is 7.83. The molecule has 0 spiro atoms. The summed E-state index contributed by atoms with van der Waals surface area (Å²) in [6.45, 7) is 5.54. The summed E-state index contributed by atoms with van der Waals surface area (Å²) in [5.74, 6) is 0.664. The Balaban J connectivity index is 2.46. The fourth-order valence-electron chi connectivity index (χ4n) is 1.95. The minimum absolute atomic E-state index is 0.00619. The summed E-state index contributed by atoms with van der Waals surface area (Å²) in [6.07, 6.45) is 4.25. The summed E-state index contributed by atoms with van der Waals surface area (Å²) in [6, 6.07) is -0.116. The second-order valence-corrected chi connectivity index (χ2v) is 5.96. The van der Waals surface area contributed by atoms with Crippen LogP contribution >= 0.6 is 0 Å². The Morgan fingerprint density at radius 1 is 1.47 bits per heavy atom. The lowest BCUT2D eigenvalue weighted by Gasteiger charge is -2.34. The molecule has 0 radical (unpaired) electrons. The van der Waals surface area contributed by atoms with Gasteiger partial charge in [-0.25, -0.2) is 4.79 Å². The molecule has 1 aliphatic carbocycles. The van der Waals surface area contributed by atoms with Crippen LogP contribution in [0.15, 0.2) is 0 Å². The maximum absolute atomic E-state index is 11.8. The Labute approximate surface area is 104 Å². The van der Waals surface area contributed by atoms with E-state index in [1.54, 1.807) is 7.05 Å². The Morgan fingerprint density at radius 2 is 2.06 bits per heavy atom. The van der Waals surface area contributed by atoms with Crippen LogP contribution in [0.4, 0.5) is 4.79 Å². The van der Waals surface area contributed by atoms with Gasteiger partial charge in [0.25, 0.3) is 0 Å². The molecule has 1 saturated carbocycles. The number of aliphatic hydroxyl groups excluding tert-OH is 1. The van der Waals surface area contributed by atoms with Crippen LogP contribution in [0.5, 0.6) is 0 Å². The first-order valence-corrected chi connectivity index (χ1v) is 6.40. The molecule has 0 aromatic heterocycles. The zero-order valence-corrected chi connectivity index (χ0v) is 11.4. The molecule has 0 heterocycles. The van der Waals surface area contributed by atoms with E-state index in [9.17, 15) is 9.90 Å². The van der Waals surface area contributed by atoms with Crippen molar-refractivity contribution in [1.29, 1.82) is 0 Å². The molecule has 1 amide bonds. The van der Waals surface area contributed by atoms with Crippen LogP contribution in [0.2, 0.25) is 0 Å². The molecule has 0 aliphatic heterocycles. The third-order valence-corrected chi connectivity index (χ3v) is 3.27. The Hall–Kier alpha value is -0.770. The lowest BCUT2D eigenvalue weighted by Crippen LogP contribution is -2.44. The second-order valence-electron chi connectivity index (χ2n) is 5.96. The van der Waals surface area contributed by atoms with E-state index >= 15 is 0 Å². The molecule has 1 unspecified atom stereocenters. The Morgan fingerprint density at radius 3 is 2.41 bits per heavy atom. The fourth-order valence-corrected chi connectivity index (χ4v) is 1.95. The fraction of sp³-hybridized carbons (Fsp3) is 0.923. The van der Waals surface area contributed by atoms with Crippen LogP contribution in [0, 0.1) is 5.92 Å². The van der Waals surface area contributed by atoms with Gasteiger partial charge in [0, 0.05) is 7.05 Å². The molecule has 4 nitrogen and oxygen atoms in total. The van der Waals surface area contributed by atoms with Gasteiger partial charge in [0.1, 0.15) is 5.60 Å². The molecule has 0 bridgehead atoms. The Bertz CT molecular complexity index is 256. The van der Waals surface area contributed by atoms with E-state index in [2.05, 4.69) is 0 Å². The predicted molar refractivity (Wildman–Crippen MR) is 66.8 cm³/mol. The van der Waals surface area contributed by atoms with Crippen LogP contribution in [-0.4, -0.2) is 41.4 Å². The van der Waals surface area contributed by atoms with E-state index in [0.717, 1.165) is 6.42 Å². The molecule has 17 heavy (non-hydrogen) atoms. The van der Waals surface area contributed by atoms with Gasteiger partial charge in [-0.2, -0.15) is 0 Å². The summed E-state index contributed by atoms with van der Waals surface area (Å²) < 4.78 is 5.29. The lowest BCUT2D eigenvalue weighted by atomic mass is 9.81. The van der Waals surface area contributed by atoms with Gasteiger partial charge in [-0.1, -0.05) is 19.3 Å². The monoisotopic (exact) mass is 243 g/mol. The minimum Gasteiger partial charge on any atom is -0.444 e. The zero-order valence-electron chi connectivity index (χ0n) is 11.4. The summed E-state index contributed by atoms with van der Waals surface area (Å²) in [4.78, 5) is 13.4. The van der Waals surface area contributed by atoms with E-state index in [1.165, 1.54) is 24.2 Å². The molecule has 0 aromatic carbocycles. The number of carbonyl (C=O) groups excluding carboxylic acids is 1. The van der Waals surface area contributed by atoms with E-state index in [0.29, 0.717) is 5.92 Å². The van der Waals surface area contributed by atoms with Gasteiger partial charge in [-0.15, -0.1) is 0 Å². The summed E-state index contributed by atoms with van der Waals surface area (Å²) in [7, 11) is 1.70. The first kappa shape index (κ1) is 14.3. The average Bonchev–Trinajstić information content (AvgIpc) is 2.13. The molecule has 4 heteroatoms. The standard InChI is InChI=1S/C13H25NO3/c1-13(2,3)17-12(16)14(4)11(9-15)8-10-6-5-7-10/h10-11,15H,5-9H2,1-4H3. The molecule has 1 fully saturated rings. The van der Waals surface area contributed by atoms with Crippen molar-refractivity contribution in [3.05, 3.63) is 0 Å². The van der Waals surface area contributed by atoms with Crippen LogP contribution < -0.4 is 0 Å². The van der Waals surface area contributed by atoms with Crippen molar-refractivity contribution in [2.75, 3.05) is 13.7 Å². The number of hydrogen-bond acceptors (Lipinski definition) is 3. The highest BCUT2D eigenvalue weighted by molar-refractivity contribution is 5.68. The van der Waals surface area contributed by atoms with Gasteiger partial charge in [-0.05, 0) is 33.1 Å². The van der Waals surface area contributed by atoms with E-state index in [1.807, 2.05) is 20.8 Å². The van der Waals surface area contributed by atoms with E-state index in [4.69, 9.17) is 4.74 Å². The normalized spacial score (nSPS) is 18.4. The predicted octanol–water partition coefficient (Wildman–Crippen LogP) is 2.40. The van der Waals surface area contributed by atoms with Crippen LogP contribution in [0.25, 0.3) is 0 Å². The highest BCUT2D eigenvalue weighted by Crippen LogP contribution is 2.31. The molecular weight excluding hydrogens is 218 g/mol. The van der Waals surface area contributed by atoms with Crippen LogP contribution in [0.3, 0.4) is 0 Å². The van der Waals surface area contributed by atoms with Gasteiger partial charge in [0.2, 0.25) is 0 Å². The van der Waals surface area contributed by atoms with Gasteiger partial charge < -0.3 is 14.7 Å². The Kier molecular flexibility index (Phi) is 4.80. The molecular formula is C13H25NO3. The molecule has 1 aliphatic rings. The van der Waals surface area contributed by atoms with Crippen LogP contribution in [-0.2, 0) is 4.74 Å². The van der Waals surface area contributed by atoms with Crippen molar-refractivity contribution >= 4 is 6.09 Å². The largest absolute Gasteiger partial charge is 0.444 e. The molecule has 1 atom stereocenters. The minimum atomic E-state index is -0.484. The molecule has 0 saturated heterocycles. The molecule has 1 rings (SSSR count). The highest BCUT2D eigenvalue weighted by Gasteiger charge is 2.28. The molecule has 1 N–H and O–H groups in total. The maximum Gasteiger partial charge on any atom is 0.410 e. The topological polar surface area (TPSA) is 49.8 Å². The smallest absolute Gasteiger partial charge is 0.410 e. The lowest BCUT2D eigenvalue weighted by molar-refractivity contribution is 0.0114. The van der Waals surface area contributed by atoms with E-state index in [-0.39, 0.29) is 18.7 Å². The molecule has 100 valence electrons. The zero-order chi connectivity index (χ0) is 13.1. The highest BCUT2D eigenvalue weighted by atomic mass is 16.6. The van der Waals surface area contributed by atoms with Crippen molar-refractivity contribution in [1.82, 2.24) is 4.90 Å². The molecule has 0 aromatic rings. The third kappa shape index (κ3) is 4.54. The summed E-state index contributed by atoms with van der Waals surface area (Å²) >= 11 is 0. The van der Waals surface area contributed by atoms with Gasteiger partial charge in [0.05, 0.1) is 12.6 Å². The summed E-state index contributed by atoms with van der Waals surface area (Å²) in [5, 5.41) is 9.36. The maximum atomic E-state index is 11.8. The first-order valence-electron chi connectivity index (χ1n) is 6.40. The number of likely N-dealkylation sites (N-methyl/N-ethyl adjacent to an activating group) is 1. The third-order valence-electron chi connectivity index (χ3n) is 3.27. The van der Waals surface area contributed by atoms with E-state index < -0.39 is 5.60 Å². The van der Waals surface area contributed by atoms with Crippen molar-refractivity contribution < 1.29 is 14.6 Å². The van der Waals surface area contributed by atoms with Gasteiger partial charge >= 0.3 is 6.09 Å². The number of ether oxygens (including phenoxy) is 1. The van der Waals surface area contributed by atoms with Crippen molar-refractivity contribution in [3.63, 3.8) is 0 Å². The number of rotatable bonds is 4.